The van der Waals surface area contributed by atoms with Crippen molar-refractivity contribution in [2.75, 3.05) is 6.54 Å². The van der Waals surface area contributed by atoms with Crippen molar-refractivity contribution in [2.24, 2.45) is 0 Å². The van der Waals surface area contributed by atoms with Gasteiger partial charge in [0.15, 0.2) is 0 Å². The Morgan fingerprint density at radius 1 is 1.30 bits per heavy atom. The molecule has 1 saturated carbocycles. The van der Waals surface area contributed by atoms with Gasteiger partial charge in [-0.05, 0) is 43.9 Å². The van der Waals surface area contributed by atoms with E-state index in [2.05, 4.69) is 46.3 Å². The van der Waals surface area contributed by atoms with Gasteiger partial charge in [-0.1, -0.05) is 18.2 Å². The third-order valence-electron chi connectivity index (χ3n) is 4.00. The lowest BCUT2D eigenvalue weighted by molar-refractivity contribution is 0.664. The van der Waals surface area contributed by atoms with Gasteiger partial charge in [0, 0.05) is 36.1 Å². The molecule has 0 bridgehead atoms. The lowest BCUT2D eigenvalue weighted by Crippen LogP contribution is -2.19. The summed E-state index contributed by atoms with van der Waals surface area (Å²) in [4.78, 5) is 0. The molecule has 3 rings (SSSR count). The Hall–Kier alpha value is -1.72. The first kappa shape index (κ1) is 13.3. The van der Waals surface area contributed by atoms with Gasteiger partial charge < -0.3 is 9.88 Å². The van der Waals surface area contributed by atoms with Crippen LogP contribution in [0.2, 0.25) is 0 Å². The summed E-state index contributed by atoms with van der Waals surface area (Å²) >= 11 is 0. The number of unbranched alkanes of at least 4 members (excludes halogenated alkanes) is 1. The monoisotopic (exact) mass is 266 g/mol. The van der Waals surface area contributed by atoms with Crippen molar-refractivity contribution >= 4 is 10.9 Å². The molecule has 0 atom stereocenters. The topological polar surface area (TPSA) is 17.0 Å². The van der Waals surface area contributed by atoms with Crippen LogP contribution in [0.25, 0.3) is 10.9 Å². The molecule has 1 aromatic heterocycles. The first-order valence-electron chi connectivity index (χ1n) is 7.62. The zero-order valence-electron chi connectivity index (χ0n) is 11.9. The molecule has 1 aromatic carbocycles. The van der Waals surface area contributed by atoms with E-state index in [-0.39, 0.29) is 0 Å². The summed E-state index contributed by atoms with van der Waals surface area (Å²) in [5.41, 5.74) is 2.79. The van der Waals surface area contributed by atoms with Gasteiger partial charge in [-0.25, -0.2) is 0 Å². The Kier molecular flexibility index (Phi) is 4.08. The number of hydrogen-bond acceptors (Lipinski definition) is 1. The molecule has 1 aliphatic carbocycles. The lowest BCUT2D eigenvalue weighted by atomic mass is 10.1. The van der Waals surface area contributed by atoms with E-state index in [9.17, 15) is 0 Å². The predicted octanol–water partition coefficient (Wildman–Crippen LogP) is 3.35. The van der Waals surface area contributed by atoms with E-state index in [1.807, 2.05) is 0 Å². The van der Waals surface area contributed by atoms with Crippen LogP contribution in [0.3, 0.4) is 0 Å². The number of terminal acetylenes is 1. The fourth-order valence-electron chi connectivity index (χ4n) is 2.76. The van der Waals surface area contributed by atoms with Gasteiger partial charge in [-0.2, -0.15) is 0 Å². The molecule has 20 heavy (non-hydrogen) atoms. The number of rotatable bonds is 7. The Morgan fingerprint density at radius 3 is 2.95 bits per heavy atom. The Morgan fingerprint density at radius 2 is 2.15 bits per heavy atom. The molecule has 104 valence electrons. The van der Waals surface area contributed by atoms with Gasteiger partial charge >= 0.3 is 0 Å². The quantitative estimate of drug-likeness (QED) is 0.601. The molecule has 1 aliphatic rings. The number of hydrogen-bond donors (Lipinski definition) is 1. The number of benzene rings is 1. The van der Waals surface area contributed by atoms with E-state index in [4.69, 9.17) is 6.42 Å². The number of nitrogens with one attached hydrogen (secondary N) is 1. The van der Waals surface area contributed by atoms with Crippen LogP contribution in [0.1, 0.15) is 31.2 Å². The zero-order valence-corrected chi connectivity index (χ0v) is 11.9. The van der Waals surface area contributed by atoms with E-state index in [0.29, 0.717) is 0 Å². The highest BCUT2D eigenvalue weighted by molar-refractivity contribution is 5.84. The fraction of sp³-hybridized carbons (Fsp3) is 0.444. The van der Waals surface area contributed by atoms with Crippen LogP contribution in [-0.2, 0) is 13.0 Å². The van der Waals surface area contributed by atoms with Gasteiger partial charge in [-0.15, -0.1) is 12.3 Å². The molecule has 1 N–H and O–H groups in total. The summed E-state index contributed by atoms with van der Waals surface area (Å²) in [5, 5.41) is 4.99. The van der Waals surface area contributed by atoms with E-state index in [0.717, 1.165) is 38.4 Å². The minimum atomic E-state index is 0.791. The lowest BCUT2D eigenvalue weighted by Gasteiger charge is -2.02. The fourth-order valence-corrected chi connectivity index (χ4v) is 2.76. The van der Waals surface area contributed by atoms with Crippen molar-refractivity contribution in [2.45, 2.75) is 44.7 Å². The highest BCUT2D eigenvalue weighted by Crippen LogP contribution is 2.23. The minimum absolute atomic E-state index is 0.791. The largest absolute Gasteiger partial charge is 0.347 e. The van der Waals surface area contributed by atoms with Gasteiger partial charge in [0.25, 0.3) is 0 Å². The maximum absolute atomic E-state index is 5.34. The second-order valence-electron chi connectivity index (χ2n) is 5.65. The third kappa shape index (κ3) is 3.05. The first-order valence-corrected chi connectivity index (χ1v) is 7.62. The normalized spacial score (nSPS) is 14.6. The van der Waals surface area contributed by atoms with E-state index in [1.165, 1.54) is 29.3 Å². The zero-order chi connectivity index (χ0) is 13.8. The average Bonchev–Trinajstić information content (AvgIpc) is 3.23. The van der Waals surface area contributed by atoms with Crippen LogP contribution < -0.4 is 5.32 Å². The molecule has 2 aromatic rings. The summed E-state index contributed by atoms with van der Waals surface area (Å²) in [6.07, 6.45) is 13.4. The van der Waals surface area contributed by atoms with Crippen LogP contribution in [0, 0.1) is 12.3 Å². The maximum Gasteiger partial charge on any atom is 0.0483 e. The van der Waals surface area contributed by atoms with Crippen LogP contribution in [0.4, 0.5) is 0 Å². The molecule has 0 saturated heterocycles. The number of aryl methyl sites for hydroxylation is 1. The second kappa shape index (κ2) is 6.15. The van der Waals surface area contributed by atoms with Crippen LogP contribution in [-0.4, -0.2) is 17.2 Å². The average molecular weight is 266 g/mol. The molecule has 1 fully saturated rings. The van der Waals surface area contributed by atoms with Crippen molar-refractivity contribution in [3.63, 3.8) is 0 Å². The van der Waals surface area contributed by atoms with Crippen molar-refractivity contribution in [1.82, 2.24) is 9.88 Å². The molecule has 0 amide bonds. The summed E-state index contributed by atoms with van der Waals surface area (Å²) in [5.74, 6) is 2.72. The van der Waals surface area contributed by atoms with E-state index >= 15 is 0 Å². The number of fused-ring (bicyclic) bond motifs is 1. The highest BCUT2D eigenvalue weighted by atomic mass is 15.0. The summed E-state index contributed by atoms with van der Waals surface area (Å²) < 4.78 is 2.36. The molecule has 2 nitrogen and oxygen atoms in total. The highest BCUT2D eigenvalue weighted by Gasteiger charge is 2.19. The minimum Gasteiger partial charge on any atom is -0.347 e. The molecule has 1 heterocycles. The molecule has 0 spiro atoms. The molecule has 2 heteroatoms. The van der Waals surface area contributed by atoms with Crippen molar-refractivity contribution in [3.8, 4) is 12.3 Å². The maximum atomic E-state index is 5.34. The van der Waals surface area contributed by atoms with E-state index in [1.54, 1.807) is 0 Å². The molecule has 0 unspecified atom stereocenters. The second-order valence-corrected chi connectivity index (χ2v) is 5.65. The van der Waals surface area contributed by atoms with Crippen molar-refractivity contribution in [1.29, 1.82) is 0 Å². The smallest absolute Gasteiger partial charge is 0.0483 e. The van der Waals surface area contributed by atoms with Crippen molar-refractivity contribution < 1.29 is 0 Å². The predicted molar refractivity (Wildman–Crippen MR) is 84.7 cm³/mol. The standard InChI is InChI=1S/C18H22N2/c1-2-3-6-13-20-14-15(11-12-19-16-9-10-16)17-7-4-5-8-18(17)20/h1,4-5,7-8,14,16,19H,3,6,9-13H2. The molecule has 0 radical (unpaired) electrons. The molecular weight excluding hydrogens is 244 g/mol. The van der Waals surface area contributed by atoms with Crippen LogP contribution in [0.5, 0.6) is 0 Å². The number of aromatic nitrogens is 1. The number of para-hydroxylation sites is 1. The van der Waals surface area contributed by atoms with Gasteiger partial charge in [0.1, 0.15) is 0 Å². The molecular formula is C18H22N2. The SMILES string of the molecule is C#CCCCn1cc(CCNC2CC2)c2ccccc21. The van der Waals surface area contributed by atoms with Gasteiger partial charge in [0.05, 0.1) is 0 Å². The Balaban J connectivity index is 1.74. The summed E-state index contributed by atoms with van der Waals surface area (Å²) in [6.45, 7) is 2.10. The van der Waals surface area contributed by atoms with Crippen LogP contribution in [0.15, 0.2) is 30.5 Å². The van der Waals surface area contributed by atoms with E-state index < -0.39 is 0 Å². The molecule has 0 aliphatic heterocycles. The Bertz CT molecular complexity index is 614. The Labute approximate surface area is 121 Å². The summed E-state index contributed by atoms with van der Waals surface area (Å²) in [6, 6.07) is 9.49. The van der Waals surface area contributed by atoms with Gasteiger partial charge in [-0.3, -0.25) is 0 Å². The number of nitrogens with zero attached hydrogens (tertiary/aromatic N) is 1. The summed E-state index contributed by atoms with van der Waals surface area (Å²) in [7, 11) is 0. The first-order chi connectivity index (χ1) is 9.88. The van der Waals surface area contributed by atoms with Crippen LogP contribution >= 0.6 is 0 Å². The van der Waals surface area contributed by atoms with Crippen molar-refractivity contribution in [3.05, 3.63) is 36.0 Å². The van der Waals surface area contributed by atoms with Gasteiger partial charge in [0.2, 0.25) is 0 Å². The third-order valence-corrected chi connectivity index (χ3v) is 4.00.